The van der Waals surface area contributed by atoms with Gasteiger partial charge in [0.2, 0.25) is 0 Å². The molecular weight excluding hydrogens is 384 g/mol. The molecule has 30 heavy (non-hydrogen) atoms. The largest absolute Gasteiger partial charge is 0.498 e. The zero-order valence-corrected chi connectivity index (χ0v) is 19.1. The minimum absolute atomic E-state index is 0.263. The quantitative estimate of drug-likeness (QED) is 0.278. The number of allylic oxidation sites excluding steroid dienone is 6. The molecule has 0 aliphatic heterocycles. The second-order valence-corrected chi connectivity index (χ2v) is 6.03. The molecule has 0 N–H and O–H groups in total. The SMILES string of the molecule is CC=COC[C@H](OC=CC)[C@@H](OC=CC)[C@H](OC=CC)[C@@H](COC=CC)OC=CC. The molecule has 4 atom stereocenters. The highest BCUT2D eigenvalue weighted by Gasteiger charge is 2.40. The van der Waals surface area contributed by atoms with Gasteiger partial charge in [0.1, 0.15) is 13.2 Å². The van der Waals surface area contributed by atoms with Crippen molar-refractivity contribution in [1.29, 1.82) is 0 Å². The third-order valence-corrected chi connectivity index (χ3v) is 3.56. The summed E-state index contributed by atoms with van der Waals surface area (Å²) < 4.78 is 35.1. The molecule has 6 heteroatoms. The molecule has 0 aromatic heterocycles. The summed E-state index contributed by atoms with van der Waals surface area (Å²) in [7, 11) is 0. The first kappa shape index (κ1) is 27.2. The molecule has 0 aromatic carbocycles. The minimum Gasteiger partial charge on any atom is -0.498 e. The van der Waals surface area contributed by atoms with E-state index in [1.807, 2.05) is 53.7 Å². The summed E-state index contributed by atoms with van der Waals surface area (Å²) in [5.74, 6) is 0. The second-order valence-electron chi connectivity index (χ2n) is 6.03. The summed E-state index contributed by atoms with van der Waals surface area (Å²) in [6.07, 6.45) is 18.5. The topological polar surface area (TPSA) is 55.4 Å². The second kappa shape index (κ2) is 19.6. The zero-order valence-electron chi connectivity index (χ0n) is 19.1. The van der Waals surface area contributed by atoms with Crippen LogP contribution >= 0.6 is 0 Å². The van der Waals surface area contributed by atoms with Crippen LogP contribution in [0.4, 0.5) is 0 Å². The van der Waals surface area contributed by atoms with Crippen LogP contribution in [0.5, 0.6) is 0 Å². The number of hydrogen-bond donors (Lipinski definition) is 0. The third kappa shape index (κ3) is 11.9. The molecular formula is C24H38O6. The van der Waals surface area contributed by atoms with Crippen molar-refractivity contribution in [2.75, 3.05) is 13.2 Å². The van der Waals surface area contributed by atoms with E-state index in [-0.39, 0.29) is 13.2 Å². The molecule has 0 radical (unpaired) electrons. The lowest BCUT2D eigenvalue weighted by Crippen LogP contribution is -2.50. The lowest BCUT2D eigenvalue weighted by atomic mass is 10.0. The monoisotopic (exact) mass is 422 g/mol. The number of ether oxygens (including phenoxy) is 6. The standard InChI is InChI=1S/C24H38O6/c1-7-13-25-19-21(27-15-9-3)23(29-17-11-5)24(30-18-12-6)22(28-16-10-4)20-26-14-8-2/h7-18,21-24H,19-20H2,1-6H3/t21-,22+,23-,24-/m1/s1. The van der Waals surface area contributed by atoms with Gasteiger partial charge in [0, 0.05) is 0 Å². The van der Waals surface area contributed by atoms with E-state index in [2.05, 4.69) is 0 Å². The van der Waals surface area contributed by atoms with Gasteiger partial charge in [0.15, 0.2) is 24.4 Å². The van der Waals surface area contributed by atoms with Crippen molar-refractivity contribution in [1.82, 2.24) is 0 Å². The van der Waals surface area contributed by atoms with Crippen LogP contribution in [0.1, 0.15) is 41.5 Å². The fourth-order valence-corrected chi connectivity index (χ4v) is 2.37. The molecule has 6 nitrogen and oxygen atoms in total. The molecule has 170 valence electrons. The van der Waals surface area contributed by atoms with Crippen LogP contribution in [0.3, 0.4) is 0 Å². The highest BCUT2D eigenvalue weighted by Crippen LogP contribution is 2.21. The zero-order chi connectivity index (χ0) is 22.5. The predicted molar refractivity (Wildman–Crippen MR) is 120 cm³/mol. The lowest BCUT2D eigenvalue weighted by molar-refractivity contribution is -0.136. The van der Waals surface area contributed by atoms with E-state index in [1.54, 1.807) is 61.9 Å². The van der Waals surface area contributed by atoms with Crippen molar-refractivity contribution in [2.24, 2.45) is 0 Å². The summed E-state index contributed by atoms with van der Waals surface area (Å²) in [6, 6.07) is 0. The normalized spacial score (nSPS) is 16.6. The van der Waals surface area contributed by atoms with Crippen molar-refractivity contribution in [2.45, 2.75) is 66.0 Å². The van der Waals surface area contributed by atoms with Crippen molar-refractivity contribution in [3.63, 3.8) is 0 Å². The molecule has 0 unspecified atom stereocenters. The molecule has 0 aromatic rings. The van der Waals surface area contributed by atoms with Gasteiger partial charge in [-0.3, -0.25) is 0 Å². The van der Waals surface area contributed by atoms with Gasteiger partial charge >= 0.3 is 0 Å². The Kier molecular flexibility index (Phi) is 17.8. The van der Waals surface area contributed by atoms with E-state index in [1.165, 1.54) is 0 Å². The van der Waals surface area contributed by atoms with Crippen molar-refractivity contribution in [3.8, 4) is 0 Å². The van der Waals surface area contributed by atoms with Crippen molar-refractivity contribution >= 4 is 0 Å². The Balaban J connectivity index is 5.98. The Morgan fingerprint density at radius 1 is 0.433 bits per heavy atom. The van der Waals surface area contributed by atoms with Gasteiger partial charge in [0.05, 0.1) is 37.6 Å². The molecule has 0 bridgehead atoms. The van der Waals surface area contributed by atoms with E-state index in [0.717, 1.165) is 0 Å². The summed E-state index contributed by atoms with van der Waals surface area (Å²) in [5.41, 5.74) is 0. The summed E-state index contributed by atoms with van der Waals surface area (Å²) in [6.45, 7) is 11.8. The van der Waals surface area contributed by atoms with E-state index in [4.69, 9.17) is 28.4 Å². The van der Waals surface area contributed by atoms with Crippen LogP contribution in [-0.4, -0.2) is 37.6 Å². The van der Waals surface area contributed by atoms with Gasteiger partial charge in [-0.1, -0.05) is 36.5 Å². The number of rotatable bonds is 17. The fraction of sp³-hybridized carbons (Fsp3) is 0.500. The highest BCUT2D eigenvalue weighted by molar-refractivity contribution is 4.92. The van der Waals surface area contributed by atoms with Crippen LogP contribution in [0.2, 0.25) is 0 Å². The van der Waals surface area contributed by atoms with Gasteiger partial charge < -0.3 is 28.4 Å². The van der Waals surface area contributed by atoms with Gasteiger partial charge in [0.25, 0.3) is 0 Å². The van der Waals surface area contributed by atoms with E-state index in [9.17, 15) is 0 Å². The average Bonchev–Trinajstić information content (AvgIpc) is 2.76. The predicted octanol–water partition coefficient (Wildman–Crippen LogP) is 5.76. The third-order valence-electron chi connectivity index (χ3n) is 3.56. The summed E-state index contributed by atoms with van der Waals surface area (Å²) in [5, 5.41) is 0. The van der Waals surface area contributed by atoms with Crippen LogP contribution < -0.4 is 0 Å². The maximum Gasteiger partial charge on any atom is 0.178 e. The Bertz CT molecular complexity index is 512. The van der Waals surface area contributed by atoms with Gasteiger partial charge in [-0.2, -0.15) is 0 Å². The first-order chi connectivity index (χ1) is 14.7. The van der Waals surface area contributed by atoms with E-state index in [0.29, 0.717) is 0 Å². The molecule has 0 saturated heterocycles. The molecule has 0 spiro atoms. The van der Waals surface area contributed by atoms with Crippen LogP contribution in [-0.2, 0) is 28.4 Å². The van der Waals surface area contributed by atoms with Crippen LogP contribution in [0.25, 0.3) is 0 Å². The molecule has 0 fully saturated rings. The molecule has 0 rings (SSSR count). The molecule has 0 heterocycles. The smallest absolute Gasteiger partial charge is 0.178 e. The first-order valence-corrected chi connectivity index (χ1v) is 10.2. The maximum absolute atomic E-state index is 6.03. The Morgan fingerprint density at radius 3 is 1.03 bits per heavy atom. The Labute approximate surface area is 182 Å². The van der Waals surface area contributed by atoms with Gasteiger partial charge in [-0.15, -0.1) is 0 Å². The summed E-state index contributed by atoms with van der Waals surface area (Å²) >= 11 is 0. The Hall–Kier alpha value is -2.76. The average molecular weight is 423 g/mol. The van der Waals surface area contributed by atoms with Crippen molar-refractivity contribution in [3.05, 3.63) is 74.0 Å². The number of hydrogen-bond acceptors (Lipinski definition) is 6. The van der Waals surface area contributed by atoms with Gasteiger partial charge in [-0.25, -0.2) is 0 Å². The maximum atomic E-state index is 6.03. The van der Waals surface area contributed by atoms with Crippen LogP contribution in [0, 0.1) is 0 Å². The molecule has 0 saturated carbocycles. The fourth-order valence-electron chi connectivity index (χ4n) is 2.37. The lowest BCUT2D eigenvalue weighted by Gasteiger charge is -2.35. The first-order valence-electron chi connectivity index (χ1n) is 10.2. The molecule has 0 aliphatic carbocycles. The van der Waals surface area contributed by atoms with Crippen LogP contribution in [0.15, 0.2) is 74.0 Å². The highest BCUT2D eigenvalue weighted by atomic mass is 16.6. The van der Waals surface area contributed by atoms with Gasteiger partial charge in [-0.05, 0) is 41.5 Å². The molecule has 0 aliphatic rings. The van der Waals surface area contributed by atoms with E-state index >= 15 is 0 Å². The summed E-state index contributed by atoms with van der Waals surface area (Å²) in [4.78, 5) is 0. The minimum atomic E-state index is -0.552. The van der Waals surface area contributed by atoms with Crippen molar-refractivity contribution < 1.29 is 28.4 Å². The Morgan fingerprint density at radius 2 is 0.733 bits per heavy atom. The van der Waals surface area contributed by atoms with E-state index < -0.39 is 24.4 Å². The molecule has 0 amide bonds.